The van der Waals surface area contributed by atoms with Crippen molar-refractivity contribution in [2.24, 2.45) is 9.36 Å². The summed E-state index contributed by atoms with van der Waals surface area (Å²) in [7, 11) is -2.36. The van der Waals surface area contributed by atoms with Gasteiger partial charge in [0, 0.05) is 9.37 Å². The Labute approximate surface area is 130 Å². The quantitative estimate of drug-likeness (QED) is 0.774. The molecule has 0 fully saturated rings. The van der Waals surface area contributed by atoms with Crippen LogP contribution in [0.5, 0.6) is 0 Å². The maximum atomic E-state index is 12.8. The van der Waals surface area contributed by atoms with E-state index in [1.54, 1.807) is 0 Å². The topological polar surface area (TPSA) is 41.8 Å². The van der Waals surface area contributed by atoms with Crippen LogP contribution in [0.4, 0.5) is 5.69 Å². The highest BCUT2D eigenvalue weighted by atomic mass is 79.9. The largest absolute Gasteiger partial charge is 0.243 e. The molecule has 0 radical (unpaired) electrons. The number of nitrogens with zero attached hydrogens (tertiary/aromatic N) is 2. The van der Waals surface area contributed by atoms with Crippen molar-refractivity contribution in [3.05, 3.63) is 59.1 Å². The molecule has 1 aliphatic heterocycles. The third-order valence-electron chi connectivity index (χ3n) is 2.74. The molecule has 2 aromatic rings. The van der Waals surface area contributed by atoms with Gasteiger partial charge in [-0.2, -0.15) is 4.36 Å². The first-order valence-corrected chi connectivity index (χ1v) is 9.39. The van der Waals surface area contributed by atoms with Crippen molar-refractivity contribution < 1.29 is 4.21 Å². The van der Waals surface area contributed by atoms with E-state index in [1.807, 2.05) is 54.6 Å². The zero-order valence-corrected chi connectivity index (χ0v) is 13.6. The molecule has 0 aliphatic carbocycles. The Morgan fingerprint density at radius 1 is 1.10 bits per heavy atom. The van der Waals surface area contributed by atoms with Crippen LogP contribution in [0.25, 0.3) is 0 Å². The van der Waals surface area contributed by atoms with Gasteiger partial charge in [0.25, 0.3) is 0 Å². The Morgan fingerprint density at radius 3 is 2.50 bits per heavy atom. The first kappa shape index (κ1) is 13.9. The van der Waals surface area contributed by atoms with Gasteiger partial charge >= 0.3 is 0 Å². The molecule has 0 amide bonds. The lowest BCUT2D eigenvalue weighted by Crippen LogP contribution is -1.98. The standard InChI is InChI=1S/C14H11BrN2OS2/c15-11-6-8-12(9-7-11)16-14-17-20(18,10-19-14)13-4-2-1-3-5-13/h1-9H,10H2. The first-order chi connectivity index (χ1) is 9.66. The Bertz CT molecular complexity index is 764. The molecule has 2 aromatic carbocycles. The Hall–Kier alpha value is -1.11. The molecular formula is C14H11BrN2OS2. The molecule has 0 saturated carbocycles. The van der Waals surface area contributed by atoms with E-state index in [0.29, 0.717) is 10.3 Å². The van der Waals surface area contributed by atoms with Gasteiger partial charge in [0.15, 0.2) is 5.17 Å². The number of amidine groups is 1. The van der Waals surface area contributed by atoms with Crippen molar-refractivity contribution in [3.63, 3.8) is 0 Å². The van der Waals surface area contributed by atoms with Crippen LogP contribution in [0.2, 0.25) is 0 Å². The summed E-state index contributed by atoms with van der Waals surface area (Å²) in [4.78, 5) is 5.20. The van der Waals surface area contributed by atoms with Crippen LogP contribution in [0.3, 0.4) is 0 Å². The molecule has 1 unspecified atom stereocenters. The van der Waals surface area contributed by atoms with Crippen LogP contribution in [0.1, 0.15) is 0 Å². The van der Waals surface area contributed by atoms with E-state index in [2.05, 4.69) is 25.3 Å². The highest BCUT2D eigenvalue weighted by molar-refractivity contribution is 9.10. The second-order valence-corrected chi connectivity index (χ2v) is 8.62. The van der Waals surface area contributed by atoms with Crippen LogP contribution in [-0.4, -0.2) is 14.5 Å². The molecule has 1 heterocycles. The second-order valence-electron chi connectivity index (χ2n) is 4.18. The lowest BCUT2D eigenvalue weighted by atomic mass is 10.3. The average molecular weight is 367 g/mol. The summed E-state index contributed by atoms with van der Waals surface area (Å²) >= 11 is 4.82. The number of halogens is 1. The molecule has 20 heavy (non-hydrogen) atoms. The summed E-state index contributed by atoms with van der Waals surface area (Å²) in [5.74, 6) is 0. The van der Waals surface area contributed by atoms with Crippen LogP contribution in [0, 0.1) is 0 Å². The summed E-state index contributed by atoms with van der Waals surface area (Å²) in [6, 6.07) is 17.0. The van der Waals surface area contributed by atoms with Crippen molar-refractivity contribution in [3.8, 4) is 0 Å². The van der Waals surface area contributed by atoms with E-state index in [9.17, 15) is 4.21 Å². The van der Waals surface area contributed by atoms with Crippen molar-refractivity contribution >= 4 is 48.3 Å². The highest BCUT2D eigenvalue weighted by Crippen LogP contribution is 2.29. The average Bonchev–Trinajstić information content (AvgIpc) is 2.85. The lowest BCUT2D eigenvalue weighted by molar-refractivity contribution is 0.681. The van der Waals surface area contributed by atoms with E-state index in [-0.39, 0.29) is 0 Å². The molecule has 6 heteroatoms. The molecule has 1 aliphatic rings. The summed E-state index contributed by atoms with van der Waals surface area (Å²) in [6.07, 6.45) is 0. The molecule has 3 rings (SSSR count). The third kappa shape index (κ3) is 2.97. The number of hydrogen-bond acceptors (Lipinski definition) is 3. The molecule has 0 N–H and O–H groups in total. The lowest BCUT2D eigenvalue weighted by Gasteiger charge is -2.00. The van der Waals surface area contributed by atoms with Gasteiger partial charge in [-0.3, -0.25) is 0 Å². The molecule has 102 valence electrons. The van der Waals surface area contributed by atoms with Crippen LogP contribution in [-0.2, 0) is 9.73 Å². The van der Waals surface area contributed by atoms with E-state index in [4.69, 9.17) is 0 Å². The van der Waals surface area contributed by atoms with Gasteiger partial charge in [0.05, 0.1) is 20.5 Å². The smallest absolute Gasteiger partial charge is 0.198 e. The predicted octanol–water partition coefficient (Wildman–Crippen LogP) is 4.67. The van der Waals surface area contributed by atoms with Gasteiger partial charge in [-0.1, -0.05) is 45.9 Å². The molecule has 0 aromatic heterocycles. The minimum Gasteiger partial charge on any atom is -0.243 e. The minimum absolute atomic E-state index is 0.465. The van der Waals surface area contributed by atoms with E-state index < -0.39 is 9.73 Å². The summed E-state index contributed by atoms with van der Waals surface area (Å²) in [5.41, 5.74) is 0.816. The SMILES string of the molecule is O=S1(c2ccccc2)=NC(=Nc2ccc(Br)cc2)SC1. The van der Waals surface area contributed by atoms with E-state index in [0.717, 1.165) is 15.1 Å². The van der Waals surface area contributed by atoms with Gasteiger partial charge in [-0.15, -0.1) is 0 Å². The molecule has 1 atom stereocenters. The Morgan fingerprint density at radius 2 is 1.80 bits per heavy atom. The summed E-state index contributed by atoms with van der Waals surface area (Å²) in [6.45, 7) is 0. The summed E-state index contributed by atoms with van der Waals surface area (Å²) < 4.78 is 18.1. The zero-order chi connectivity index (χ0) is 14.0. The van der Waals surface area contributed by atoms with Crippen LogP contribution in [0.15, 0.2) is 73.3 Å². The normalized spacial score (nSPS) is 23.8. The number of benzene rings is 2. The number of hydrogen-bond donors (Lipinski definition) is 0. The second kappa shape index (κ2) is 5.71. The Balaban J connectivity index is 1.95. The Kier molecular flexibility index (Phi) is 3.96. The monoisotopic (exact) mass is 366 g/mol. The first-order valence-electron chi connectivity index (χ1n) is 5.93. The van der Waals surface area contributed by atoms with Gasteiger partial charge in [0.1, 0.15) is 0 Å². The number of aliphatic imine (C=N–C) groups is 1. The molecule has 0 bridgehead atoms. The molecule has 3 nitrogen and oxygen atoms in total. The van der Waals surface area contributed by atoms with E-state index >= 15 is 0 Å². The van der Waals surface area contributed by atoms with Gasteiger partial charge in [0.2, 0.25) is 0 Å². The van der Waals surface area contributed by atoms with Gasteiger partial charge in [-0.05, 0) is 36.4 Å². The third-order valence-corrected chi connectivity index (χ3v) is 7.05. The molecule has 0 saturated heterocycles. The number of thioether (sulfide) groups is 1. The fraction of sp³-hybridized carbons (Fsp3) is 0.0714. The van der Waals surface area contributed by atoms with Crippen LogP contribution >= 0.6 is 27.7 Å². The number of rotatable bonds is 2. The van der Waals surface area contributed by atoms with Crippen molar-refractivity contribution in [2.45, 2.75) is 4.90 Å². The maximum Gasteiger partial charge on any atom is 0.198 e. The van der Waals surface area contributed by atoms with Crippen molar-refractivity contribution in [2.75, 3.05) is 5.08 Å². The van der Waals surface area contributed by atoms with Crippen molar-refractivity contribution in [1.29, 1.82) is 0 Å². The fourth-order valence-electron chi connectivity index (χ4n) is 1.74. The molecular weight excluding hydrogens is 356 g/mol. The van der Waals surface area contributed by atoms with Crippen molar-refractivity contribution in [1.82, 2.24) is 0 Å². The van der Waals surface area contributed by atoms with Crippen LogP contribution < -0.4 is 0 Å². The van der Waals surface area contributed by atoms with Gasteiger partial charge < -0.3 is 0 Å². The minimum atomic E-state index is -2.36. The zero-order valence-electron chi connectivity index (χ0n) is 10.4. The maximum absolute atomic E-state index is 12.8. The summed E-state index contributed by atoms with van der Waals surface area (Å²) in [5, 5.41) is 1.05. The highest BCUT2D eigenvalue weighted by Gasteiger charge is 2.22. The fourth-order valence-corrected chi connectivity index (χ4v) is 5.55. The van der Waals surface area contributed by atoms with E-state index in [1.165, 1.54) is 11.8 Å². The predicted molar refractivity (Wildman–Crippen MR) is 89.0 cm³/mol. The molecule has 0 spiro atoms. The van der Waals surface area contributed by atoms with Gasteiger partial charge in [-0.25, -0.2) is 9.20 Å².